The molecule has 1 aliphatic heterocycles. The highest BCUT2D eigenvalue weighted by Gasteiger charge is 2.16. The zero-order chi connectivity index (χ0) is 11.4. The molecule has 2 rings (SSSR count). The summed E-state index contributed by atoms with van der Waals surface area (Å²) in [5, 5.41) is 8.83. The van der Waals surface area contributed by atoms with Crippen molar-refractivity contribution in [2.45, 2.75) is 19.6 Å². The highest BCUT2D eigenvalue weighted by Crippen LogP contribution is 2.11. The first-order chi connectivity index (χ1) is 7.78. The molecular weight excluding hydrogens is 200 g/mol. The van der Waals surface area contributed by atoms with Crippen molar-refractivity contribution in [3.63, 3.8) is 0 Å². The summed E-state index contributed by atoms with van der Waals surface area (Å²) in [5.41, 5.74) is 1.94. The van der Waals surface area contributed by atoms with Gasteiger partial charge in [0.05, 0.1) is 24.3 Å². The third kappa shape index (κ3) is 2.82. The van der Waals surface area contributed by atoms with Crippen LogP contribution in [0.15, 0.2) is 24.3 Å². The zero-order valence-electron chi connectivity index (χ0n) is 9.52. The summed E-state index contributed by atoms with van der Waals surface area (Å²) in [6, 6.07) is 9.98. The van der Waals surface area contributed by atoms with E-state index >= 15 is 0 Å². The lowest BCUT2D eigenvalue weighted by atomic mass is 10.1. The molecule has 0 bridgehead atoms. The van der Waals surface area contributed by atoms with Gasteiger partial charge in [0.2, 0.25) is 0 Å². The Hall–Kier alpha value is -1.37. The highest BCUT2D eigenvalue weighted by molar-refractivity contribution is 5.32. The summed E-state index contributed by atoms with van der Waals surface area (Å²) in [5.74, 6) is 0. The van der Waals surface area contributed by atoms with E-state index in [9.17, 15) is 0 Å². The molecule has 1 unspecified atom stereocenters. The van der Waals surface area contributed by atoms with Crippen molar-refractivity contribution < 1.29 is 4.74 Å². The SMILES string of the molecule is CC1CN(Cc2cccc(C#N)c2)CCO1. The fourth-order valence-corrected chi connectivity index (χ4v) is 2.03. The van der Waals surface area contributed by atoms with E-state index in [0.717, 1.165) is 31.8 Å². The zero-order valence-corrected chi connectivity index (χ0v) is 9.52. The minimum Gasteiger partial charge on any atom is -0.376 e. The molecule has 0 N–H and O–H groups in total. The van der Waals surface area contributed by atoms with E-state index in [2.05, 4.69) is 24.0 Å². The molecule has 0 saturated carbocycles. The molecule has 1 aromatic carbocycles. The molecule has 1 fully saturated rings. The molecule has 0 aromatic heterocycles. The summed E-state index contributed by atoms with van der Waals surface area (Å²) in [6.45, 7) is 5.75. The quantitative estimate of drug-likeness (QED) is 0.756. The first kappa shape index (κ1) is 11.1. The first-order valence-electron chi connectivity index (χ1n) is 5.61. The van der Waals surface area contributed by atoms with E-state index in [1.54, 1.807) is 0 Å². The normalized spacial score (nSPS) is 21.6. The predicted octanol–water partition coefficient (Wildman–Crippen LogP) is 1.78. The molecule has 1 aromatic rings. The number of rotatable bonds is 2. The van der Waals surface area contributed by atoms with Gasteiger partial charge >= 0.3 is 0 Å². The number of benzene rings is 1. The van der Waals surface area contributed by atoms with E-state index in [-0.39, 0.29) is 0 Å². The Bertz CT molecular complexity index is 397. The topological polar surface area (TPSA) is 36.3 Å². The lowest BCUT2D eigenvalue weighted by Crippen LogP contribution is -2.40. The average molecular weight is 216 g/mol. The van der Waals surface area contributed by atoms with Crippen LogP contribution in [0.1, 0.15) is 18.1 Å². The molecule has 0 aliphatic carbocycles. The van der Waals surface area contributed by atoms with Gasteiger partial charge < -0.3 is 4.74 Å². The van der Waals surface area contributed by atoms with Gasteiger partial charge in [-0.15, -0.1) is 0 Å². The van der Waals surface area contributed by atoms with E-state index in [4.69, 9.17) is 10.00 Å². The van der Waals surface area contributed by atoms with Gasteiger partial charge in [-0.2, -0.15) is 5.26 Å². The van der Waals surface area contributed by atoms with Gasteiger partial charge in [-0.25, -0.2) is 0 Å². The van der Waals surface area contributed by atoms with Crippen LogP contribution in [0.25, 0.3) is 0 Å². The van der Waals surface area contributed by atoms with Crippen molar-refractivity contribution in [1.82, 2.24) is 4.90 Å². The van der Waals surface area contributed by atoms with Crippen LogP contribution in [0.4, 0.5) is 0 Å². The second-order valence-corrected chi connectivity index (χ2v) is 4.23. The Morgan fingerprint density at radius 3 is 3.19 bits per heavy atom. The Kier molecular flexibility index (Phi) is 3.55. The van der Waals surface area contributed by atoms with E-state index in [1.165, 1.54) is 5.56 Å². The molecule has 1 atom stereocenters. The molecule has 1 heterocycles. The van der Waals surface area contributed by atoms with Crippen molar-refractivity contribution >= 4 is 0 Å². The number of nitriles is 1. The van der Waals surface area contributed by atoms with Crippen LogP contribution >= 0.6 is 0 Å². The molecule has 0 amide bonds. The van der Waals surface area contributed by atoms with Crippen LogP contribution in [0.3, 0.4) is 0 Å². The Morgan fingerprint density at radius 2 is 2.44 bits per heavy atom. The maximum Gasteiger partial charge on any atom is 0.0991 e. The highest BCUT2D eigenvalue weighted by atomic mass is 16.5. The molecular formula is C13H16N2O. The first-order valence-corrected chi connectivity index (χ1v) is 5.61. The Balaban J connectivity index is 2.00. The van der Waals surface area contributed by atoms with E-state index in [1.807, 2.05) is 18.2 Å². The largest absolute Gasteiger partial charge is 0.376 e. The second-order valence-electron chi connectivity index (χ2n) is 4.23. The van der Waals surface area contributed by atoms with Gasteiger partial charge in [-0.05, 0) is 24.6 Å². The lowest BCUT2D eigenvalue weighted by Gasteiger charge is -2.31. The minimum absolute atomic E-state index is 0.313. The number of hydrogen-bond acceptors (Lipinski definition) is 3. The fourth-order valence-electron chi connectivity index (χ4n) is 2.03. The molecule has 0 radical (unpaired) electrons. The standard InChI is InChI=1S/C13H16N2O/c1-11-9-15(5-6-16-11)10-13-4-2-3-12(7-13)8-14/h2-4,7,11H,5-6,9-10H2,1H3. The van der Waals surface area contributed by atoms with E-state index < -0.39 is 0 Å². The van der Waals surface area contributed by atoms with Gasteiger partial charge in [0.15, 0.2) is 0 Å². The lowest BCUT2D eigenvalue weighted by molar-refractivity contribution is -0.0212. The second kappa shape index (κ2) is 5.11. The average Bonchev–Trinajstić information content (AvgIpc) is 2.29. The van der Waals surface area contributed by atoms with Crippen LogP contribution in [0.5, 0.6) is 0 Å². The van der Waals surface area contributed by atoms with Crippen molar-refractivity contribution in [3.05, 3.63) is 35.4 Å². The number of nitrogens with zero attached hydrogens (tertiary/aromatic N) is 2. The molecule has 1 saturated heterocycles. The van der Waals surface area contributed by atoms with Crippen LogP contribution in [0, 0.1) is 11.3 Å². The van der Waals surface area contributed by atoms with Crippen molar-refractivity contribution in [3.8, 4) is 6.07 Å². The third-order valence-electron chi connectivity index (χ3n) is 2.79. The summed E-state index contributed by atoms with van der Waals surface area (Å²) in [6.07, 6.45) is 0.313. The molecule has 16 heavy (non-hydrogen) atoms. The van der Waals surface area contributed by atoms with Crippen LogP contribution in [-0.4, -0.2) is 30.7 Å². The summed E-state index contributed by atoms with van der Waals surface area (Å²) >= 11 is 0. The summed E-state index contributed by atoms with van der Waals surface area (Å²) in [4.78, 5) is 2.37. The van der Waals surface area contributed by atoms with E-state index in [0.29, 0.717) is 6.10 Å². The van der Waals surface area contributed by atoms with Gasteiger partial charge in [-0.1, -0.05) is 12.1 Å². The molecule has 0 spiro atoms. The summed E-state index contributed by atoms with van der Waals surface area (Å²) in [7, 11) is 0. The summed E-state index contributed by atoms with van der Waals surface area (Å²) < 4.78 is 5.50. The number of morpholine rings is 1. The fraction of sp³-hybridized carbons (Fsp3) is 0.462. The van der Waals surface area contributed by atoms with Gasteiger partial charge in [-0.3, -0.25) is 4.90 Å². The van der Waals surface area contributed by atoms with Gasteiger partial charge in [0, 0.05) is 19.6 Å². The van der Waals surface area contributed by atoms with Gasteiger partial charge in [0.1, 0.15) is 0 Å². The van der Waals surface area contributed by atoms with Gasteiger partial charge in [0.25, 0.3) is 0 Å². The number of ether oxygens (including phenoxy) is 1. The molecule has 3 nitrogen and oxygen atoms in total. The maximum absolute atomic E-state index is 8.83. The molecule has 84 valence electrons. The van der Waals surface area contributed by atoms with Crippen LogP contribution < -0.4 is 0 Å². The Morgan fingerprint density at radius 1 is 1.56 bits per heavy atom. The predicted molar refractivity (Wildman–Crippen MR) is 61.8 cm³/mol. The molecule has 3 heteroatoms. The maximum atomic E-state index is 8.83. The smallest absolute Gasteiger partial charge is 0.0991 e. The van der Waals surface area contributed by atoms with Crippen LogP contribution in [0.2, 0.25) is 0 Å². The Labute approximate surface area is 96.2 Å². The number of hydrogen-bond donors (Lipinski definition) is 0. The minimum atomic E-state index is 0.313. The van der Waals surface area contributed by atoms with Crippen molar-refractivity contribution in [1.29, 1.82) is 5.26 Å². The molecule has 1 aliphatic rings. The van der Waals surface area contributed by atoms with Crippen molar-refractivity contribution in [2.75, 3.05) is 19.7 Å². The van der Waals surface area contributed by atoms with Crippen LogP contribution in [-0.2, 0) is 11.3 Å². The monoisotopic (exact) mass is 216 g/mol. The van der Waals surface area contributed by atoms with Crippen molar-refractivity contribution in [2.24, 2.45) is 0 Å². The third-order valence-corrected chi connectivity index (χ3v) is 2.79.